The van der Waals surface area contributed by atoms with Gasteiger partial charge in [-0.3, -0.25) is 9.69 Å². The largest absolute Gasteiger partial charge is 0.480 e. The van der Waals surface area contributed by atoms with Crippen molar-refractivity contribution in [2.45, 2.75) is 69.7 Å². The van der Waals surface area contributed by atoms with Gasteiger partial charge < -0.3 is 14.7 Å². The lowest BCUT2D eigenvalue weighted by Gasteiger charge is -2.47. The Bertz CT molecular complexity index is 363. The monoisotopic (exact) mass is 296 g/mol. The molecule has 1 aliphatic carbocycles. The number of nitrogens with zero attached hydrogens (tertiary/aromatic N) is 2. The Morgan fingerprint density at radius 3 is 2.48 bits per heavy atom. The van der Waals surface area contributed by atoms with Crippen LogP contribution in [0.3, 0.4) is 0 Å². The van der Waals surface area contributed by atoms with Crippen LogP contribution >= 0.6 is 0 Å². The normalized spacial score (nSPS) is 35.8. The van der Waals surface area contributed by atoms with E-state index in [4.69, 9.17) is 4.74 Å². The van der Waals surface area contributed by atoms with Gasteiger partial charge in [0.2, 0.25) is 0 Å². The highest BCUT2D eigenvalue weighted by atomic mass is 16.5. The lowest BCUT2D eigenvalue weighted by atomic mass is 9.86. The summed E-state index contributed by atoms with van der Waals surface area (Å²) in [7, 11) is 0. The van der Waals surface area contributed by atoms with E-state index in [2.05, 4.69) is 16.7 Å². The molecule has 5 heteroatoms. The van der Waals surface area contributed by atoms with Crippen LogP contribution < -0.4 is 0 Å². The van der Waals surface area contributed by atoms with E-state index in [1.54, 1.807) is 0 Å². The van der Waals surface area contributed by atoms with Crippen molar-refractivity contribution in [1.82, 2.24) is 9.80 Å². The predicted octanol–water partition coefficient (Wildman–Crippen LogP) is 1.57. The molecule has 2 saturated heterocycles. The molecule has 0 aromatic heterocycles. The highest BCUT2D eigenvalue weighted by Gasteiger charge is 2.39. The van der Waals surface area contributed by atoms with E-state index in [0.717, 1.165) is 51.9 Å². The van der Waals surface area contributed by atoms with E-state index in [9.17, 15) is 9.90 Å². The fourth-order valence-electron chi connectivity index (χ4n) is 4.28. The summed E-state index contributed by atoms with van der Waals surface area (Å²) in [5.74, 6) is -0.631. The van der Waals surface area contributed by atoms with Crippen molar-refractivity contribution in [3.8, 4) is 0 Å². The van der Waals surface area contributed by atoms with Gasteiger partial charge in [0.1, 0.15) is 6.04 Å². The summed E-state index contributed by atoms with van der Waals surface area (Å²) in [5, 5.41) is 9.32. The number of hydrogen-bond acceptors (Lipinski definition) is 4. The van der Waals surface area contributed by atoms with Crippen LogP contribution in [0, 0.1) is 0 Å². The Labute approximate surface area is 127 Å². The third-order valence-electron chi connectivity index (χ3n) is 5.54. The fraction of sp³-hybridized carbons (Fsp3) is 0.938. The molecule has 3 aliphatic rings. The van der Waals surface area contributed by atoms with Crippen molar-refractivity contribution >= 4 is 5.97 Å². The van der Waals surface area contributed by atoms with Crippen LogP contribution in [0.1, 0.15) is 45.4 Å². The van der Waals surface area contributed by atoms with Gasteiger partial charge >= 0.3 is 5.97 Å². The van der Waals surface area contributed by atoms with Crippen molar-refractivity contribution in [3.63, 3.8) is 0 Å². The first kappa shape index (κ1) is 15.3. The first-order valence-corrected chi connectivity index (χ1v) is 8.53. The molecule has 5 nitrogen and oxygen atoms in total. The summed E-state index contributed by atoms with van der Waals surface area (Å²) >= 11 is 0. The molecule has 1 N–H and O–H groups in total. The molecule has 0 aromatic rings. The van der Waals surface area contributed by atoms with Gasteiger partial charge in [-0.25, -0.2) is 0 Å². The summed E-state index contributed by atoms with van der Waals surface area (Å²) in [5.41, 5.74) is 0. The zero-order chi connectivity index (χ0) is 14.8. The maximum Gasteiger partial charge on any atom is 0.320 e. The quantitative estimate of drug-likeness (QED) is 0.834. The van der Waals surface area contributed by atoms with E-state index in [1.807, 2.05) is 0 Å². The fourth-order valence-corrected chi connectivity index (χ4v) is 4.28. The molecule has 0 radical (unpaired) electrons. The maximum absolute atomic E-state index is 11.3. The van der Waals surface area contributed by atoms with Crippen molar-refractivity contribution < 1.29 is 14.6 Å². The number of ether oxygens (including phenoxy) is 1. The highest BCUT2D eigenvalue weighted by molar-refractivity contribution is 5.73. The number of carboxylic acids is 1. The Hall–Kier alpha value is -0.650. The molecule has 0 aromatic carbocycles. The number of carboxylic acid groups (broad SMARTS) is 1. The number of hydrogen-bond donors (Lipinski definition) is 1. The Morgan fingerprint density at radius 1 is 1.14 bits per heavy atom. The molecule has 0 amide bonds. The molecular formula is C16H28N2O3. The van der Waals surface area contributed by atoms with E-state index in [0.29, 0.717) is 18.2 Å². The van der Waals surface area contributed by atoms with Crippen molar-refractivity contribution in [2.24, 2.45) is 0 Å². The van der Waals surface area contributed by atoms with Gasteiger partial charge in [-0.1, -0.05) is 0 Å². The molecule has 1 unspecified atom stereocenters. The van der Waals surface area contributed by atoms with Gasteiger partial charge in [-0.15, -0.1) is 0 Å². The van der Waals surface area contributed by atoms with Crippen LogP contribution in [-0.2, 0) is 9.53 Å². The zero-order valence-corrected chi connectivity index (χ0v) is 13.0. The Kier molecular flexibility index (Phi) is 4.82. The Morgan fingerprint density at radius 2 is 1.86 bits per heavy atom. The summed E-state index contributed by atoms with van der Waals surface area (Å²) < 4.78 is 5.64. The molecule has 0 spiro atoms. The van der Waals surface area contributed by atoms with Crippen LogP contribution in [0.25, 0.3) is 0 Å². The van der Waals surface area contributed by atoms with Crippen molar-refractivity contribution in [3.05, 3.63) is 0 Å². The van der Waals surface area contributed by atoms with Gasteiger partial charge in [0.15, 0.2) is 0 Å². The second-order valence-corrected chi connectivity index (χ2v) is 6.70. The third kappa shape index (κ3) is 3.25. The number of aliphatic carboxylic acids is 1. The SMILES string of the molecule is CCOC1CC(N2CCC(N3CCCC3C(=O)O)CC2)C1. The van der Waals surface area contributed by atoms with Crippen molar-refractivity contribution in [2.75, 3.05) is 26.2 Å². The minimum absolute atomic E-state index is 0.229. The smallest absolute Gasteiger partial charge is 0.320 e. The lowest BCUT2D eigenvalue weighted by molar-refractivity contribution is -0.143. The third-order valence-corrected chi connectivity index (χ3v) is 5.54. The maximum atomic E-state index is 11.3. The molecule has 21 heavy (non-hydrogen) atoms. The first-order chi connectivity index (χ1) is 10.2. The molecule has 3 rings (SSSR count). The molecule has 2 heterocycles. The average Bonchev–Trinajstić information content (AvgIpc) is 2.92. The molecule has 2 aliphatic heterocycles. The van der Waals surface area contributed by atoms with Crippen LogP contribution in [0.2, 0.25) is 0 Å². The number of rotatable bonds is 5. The first-order valence-electron chi connectivity index (χ1n) is 8.53. The average molecular weight is 296 g/mol. The molecule has 1 atom stereocenters. The minimum Gasteiger partial charge on any atom is -0.480 e. The lowest BCUT2D eigenvalue weighted by Crippen LogP contribution is -2.54. The van der Waals surface area contributed by atoms with Gasteiger partial charge in [-0.05, 0) is 65.1 Å². The van der Waals surface area contributed by atoms with Gasteiger partial charge in [0, 0.05) is 18.7 Å². The molecular weight excluding hydrogens is 268 g/mol. The van der Waals surface area contributed by atoms with E-state index >= 15 is 0 Å². The molecule has 0 bridgehead atoms. The van der Waals surface area contributed by atoms with Crippen LogP contribution in [-0.4, -0.2) is 71.3 Å². The number of carbonyl (C=O) groups is 1. The minimum atomic E-state index is -0.631. The van der Waals surface area contributed by atoms with Gasteiger partial charge in [0.05, 0.1) is 6.10 Å². The van der Waals surface area contributed by atoms with Crippen molar-refractivity contribution in [1.29, 1.82) is 0 Å². The molecule has 1 saturated carbocycles. The van der Waals surface area contributed by atoms with Crippen LogP contribution in [0.15, 0.2) is 0 Å². The summed E-state index contributed by atoms with van der Waals surface area (Å²) in [4.78, 5) is 16.2. The van der Waals surface area contributed by atoms with Gasteiger partial charge in [-0.2, -0.15) is 0 Å². The van der Waals surface area contributed by atoms with Crippen LogP contribution in [0.5, 0.6) is 0 Å². The zero-order valence-electron chi connectivity index (χ0n) is 13.0. The van der Waals surface area contributed by atoms with Crippen LogP contribution in [0.4, 0.5) is 0 Å². The standard InChI is InChI=1S/C16H28N2O3/c1-2-21-14-10-13(11-14)17-8-5-12(6-9-17)18-7-3-4-15(18)16(19)20/h12-15H,2-11H2,1H3,(H,19,20). The second-order valence-electron chi connectivity index (χ2n) is 6.70. The van der Waals surface area contributed by atoms with E-state index in [-0.39, 0.29) is 6.04 Å². The van der Waals surface area contributed by atoms with Gasteiger partial charge in [0.25, 0.3) is 0 Å². The van der Waals surface area contributed by atoms with E-state index < -0.39 is 5.97 Å². The topological polar surface area (TPSA) is 53.0 Å². The number of piperidine rings is 1. The van der Waals surface area contributed by atoms with E-state index in [1.165, 1.54) is 12.8 Å². The Balaban J connectivity index is 1.44. The predicted molar refractivity (Wildman–Crippen MR) is 80.4 cm³/mol. The summed E-state index contributed by atoms with van der Waals surface area (Å²) in [6.07, 6.45) is 6.95. The summed E-state index contributed by atoms with van der Waals surface area (Å²) in [6.45, 7) is 6.10. The highest BCUT2D eigenvalue weighted by Crippen LogP contribution is 2.32. The second kappa shape index (κ2) is 6.63. The number of likely N-dealkylation sites (tertiary alicyclic amines) is 2. The molecule has 3 fully saturated rings. The molecule has 120 valence electrons. The summed E-state index contributed by atoms with van der Waals surface area (Å²) in [6, 6.07) is 0.955.